The summed E-state index contributed by atoms with van der Waals surface area (Å²) < 4.78 is 10.3. The molecule has 2 aromatic rings. The standard InChI is InChI=1S/C14H16N4O3/c1-20-11-7-3-2-5-9(11)16-13(19)12-17-14(21-18-12)10-6-4-8-15-10/h2-3,5,7,10,15H,4,6,8H2,1H3,(H,16,19). The van der Waals surface area contributed by atoms with Crippen molar-refractivity contribution in [2.75, 3.05) is 19.0 Å². The zero-order valence-corrected chi connectivity index (χ0v) is 11.6. The molecule has 0 radical (unpaired) electrons. The van der Waals surface area contributed by atoms with E-state index in [0.717, 1.165) is 19.4 Å². The average molecular weight is 288 g/mol. The van der Waals surface area contributed by atoms with Crippen molar-refractivity contribution in [1.29, 1.82) is 0 Å². The van der Waals surface area contributed by atoms with Crippen molar-refractivity contribution in [1.82, 2.24) is 15.5 Å². The third-order valence-corrected chi connectivity index (χ3v) is 3.36. The van der Waals surface area contributed by atoms with Crippen molar-refractivity contribution in [2.45, 2.75) is 18.9 Å². The molecule has 1 aliphatic heterocycles. The normalized spacial score (nSPS) is 17.7. The number of carbonyl (C=O) groups excluding carboxylic acids is 1. The molecule has 2 N–H and O–H groups in total. The first-order chi connectivity index (χ1) is 10.3. The Kier molecular flexibility index (Phi) is 3.83. The van der Waals surface area contributed by atoms with Gasteiger partial charge in [0.15, 0.2) is 0 Å². The fourth-order valence-electron chi connectivity index (χ4n) is 2.29. The molecule has 1 aliphatic rings. The maximum absolute atomic E-state index is 12.1. The number of carbonyl (C=O) groups is 1. The van der Waals surface area contributed by atoms with E-state index < -0.39 is 5.91 Å². The molecule has 3 rings (SSSR count). The highest BCUT2D eigenvalue weighted by atomic mass is 16.5. The van der Waals surface area contributed by atoms with Crippen molar-refractivity contribution >= 4 is 11.6 Å². The smallest absolute Gasteiger partial charge is 0.297 e. The molecule has 0 bridgehead atoms. The largest absolute Gasteiger partial charge is 0.495 e. The zero-order chi connectivity index (χ0) is 14.7. The lowest BCUT2D eigenvalue weighted by molar-refractivity contribution is 0.101. The molecule has 0 spiro atoms. The van der Waals surface area contributed by atoms with Crippen LogP contribution in [0.15, 0.2) is 28.8 Å². The summed E-state index contributed by atoms with van der Waals surface area (Å²) in [5, 5.41) is 9.69. The topological polar surface area (TPSA) is 89.3 Å². The Labute approximate surface area is 121 Å². The number of aromatic nitrogens is 2. The third kappa shape index (κ3) is 2.87. The van der Waals surface area contributed by atoms with Crippen molar-refractivity contribution in [3.63, 3.8) is 0 Å². The van der Waals surface area contributed by atoms with Crippen LogP contribution in [0.4, 0.5) is 5.69 Å². The Morgan fingerprint density at radius 3 is 3.10 bits per heavy atom. The second kappa shape index (κ2) is 5.92. The number of nitrogens with zero attached hydrogens (tertiary/aromatic N) is 2. The summed E-state index contributed by atoms with van der Waals surface area (Å²) in [4.78, 5) is 16.3. The molecule has 2 heterocycles. The first kappa shape index (κ1) is 13.6. The summed E-state index contributed by atoms with van der Waals surface area (Å²) in [6, 6.07) is 7.19. The molecule has 1 unspecified atom stereocenters. The summed E-state index contributed by atoms with van der Waals surface area (Å²) in [6.07, 6.45) is 2.01. The summed E-state index contributed by atoms with van der Waals surface area (Å²) in [5.41, 5.74) is 0.565. The number of anilines is 1. The fourth-order valence-corrected chi connectivity index (χ4v) is 2.29. The lowest BCUT2D eigenvalue weighted by Gasteiger charge is -2.07. The molecular formula is C14H16N4O3. The number of hydrogen-bond acceptors (Lipinski definition) is 6. The summed E-state index contributed by atoms with van der Waals surface area (Å²) >= 11 is 0. The van der Waals surface area contributed by atoms with Gasteiger partial charge in [-0.3, -0.25) is 4.79 Å². The van der Waals surface area contributed by atoms with E-state index in [0.29, 0.717) is 17.3 Å². The van der Waals surface area contributed by atoms with E-state index in [-0.39, 0.29) is 11.9 Å². The van der Waals surface area contributed by atoms with Gasteiger partial charge >= 0.3 is 0 Å². The van der Waals surface area contributed by atoms with Crippen LogP contribution in [-0.4, -0.2) is 29.7 Å². The van der Waals surface area contributed by atoms with Crippen molar-refractivity contribution in [3.05, 3.63) is 36.0 Å². The number of hydrogen-bond donors (Lipinski definition) is 2. The van der Waals surface area contributed by atoms with E-state index in [4.69, 9.17) is 9.26 Å². The second-order valence-corrected chi connectivity index (χ2v) is 4.76. The molecule has 1 saturated heterocycles. The lowest BCUT2D eigenvalue weighted by Crippen LogP contribution is -2.16. The minimum Gasteiger partial charge on any atom is -0.495 e. The van der Waals surface area contributed by atoms with Crippen LogP contribution in [-0.2, 0) is 0 Å². The van der Waals surface area contributed by atoms with Crippen LogP contribution in [0.5, 0.6) is 5.75 Å². The van der Waals surface area contributed by atoms with E-state index in [1.165, 1.54) is 0 Å². The lowest BCUT2D eigenvalue weighted by atomic mass is 10.2. The number of para-hydroxylation sites is 2. The highest BCUT2D eigenvalue weighted by Crippen LogP contribution is 2.24. The number of rotatable bonds is 4. The summed E-state index contributed by atoms with van der Waals surface area (Å²) in [5.74, 6) is 0.627. The van der Waals surface area contributed by atoms with Gasteiger partial charge in [0.1, 0.15) is 5.75 Å². The molecule has 1 aromatic heterocycles. The van der Waals surface area contributed by atoms with Crippen LogP contribution in [0.3, 0.4) is 0 Å². The zero-order valence-electron chi connectivity index (χ0n) is 11.6. The van der Waals surface area contributed by atoms with Gasteiger partial charge in [-0.25, -0.2) is 0 Å². The predicted molar refractivity (Wildman–Crippen MR) is 75.2 cm³/mol. The molecule has 1 aromatic carbocycles. The maximum atomic E-state index is 12.1. The molecule has 1 amide bonds. The third-order valence-electron chi connectivity index (χ3n) is 3.36. The van der Waals surface area contributed by atoms with E-state index in [2.05, 4.69) is 20.8 Å². The minimum absolute atomic E-state index is 0.0182. The second-order valence-electron chi connectivity index (χ2n) is 4.76. The van der Waals surface area contributed by atoms with Gasteiger partial charge in [-0.15, -0.1) is 0 Å². The van der Waals surface area contributed by atoms with Crippen LogP contribution in [0.25, 0.3) is 0 Å². The van der Waals surface area contributed by atoms with E-state index in [1.807, 2.05) is 12.1 Å². The molecule has 1 atom stereocenters. The molecular weight excluding hydrogens is 272 g/mol. The minimum atomic E-state index is -0.424. The van der Waals surface area contributed by atoms with E-state index in [9.17, 15) is 4.79 Å². The van der Waals surface area contributed by atoms with Gasteiger partial charge in [-0.2, -0.15) is 4.98 Å². The predicted octanol–water partition coefficient (Wildman–Crippen LogP) is 1.75. The number of amides is 1. The summed E-state index contributed by atoms with van der Waals surface area (Å²) in [7, 11) is 1.54. The molecule has 110 valence electrons. The fraction of sp³-hybridized carbons (Fsp3) is 0.357. The molecule has 7 nitrogen and oxygen atoms in total. The number of benzene rings is 1. The Morgan fingerprint density at radius 1 is 1.48 bits per heavy atom. The number of methoxy groups -OCH3 is 1. The van der Waals surface area contributed by atoms with Crippen LogP contribution < -0.4 is 15.4 Å². The monoisotopic (exact) mass is 288 g/mol. The van der Waals surface area contributed by atoms with Gasteiger partial charge in [0, 0.05) is 0 Å². The molecule has 0 saturated carbocycles. The van der Waals surface area contributed by atoms with Crippen LogP contribution in [0, 0.1) is 0 Å². The van der Waals surface area contributed by atoms with Crippen LogP contribution in [0.1, 0.15) is 35.4 Å². The van der Waals surface area contributed by atoms with Crippen molar-refractivity contribution < 1.29 is 14.1 Å². The molecule has 7 heteroatoms. The van der Waals surface area contributed by atoms with Crippen LogP contribution >= 0.6 is 0 Å². The first-order valence-corrected chi connectivity index (χ1v) is 6.79. The highest BCUT2D eigenvalue weighted by molar-refractivity contribution is 6.02. The Morgan fingerprint density at radius 2 is 2.33 bits per heavy atom. The molecule has 21 heavy (non-hydrogen) atoms. The maximum Gasteiger partial charge on any atom is 0.297 e. The average Bonchev–Trinajstić information content (AvgIpc) is 3.18. The SMILES string of the molecule is COc1ccccc1NC(=O)c1noc(C2CCCN2)n1. The number of nitrogens with one attached hydrogen (secondary N) is 2. The summed E-state index contributed by atoms with van der Waals surface area (Å²) in [6.45, 7) is 0.926. The van der Waals surface area contributed by atoms with Gasteiger partial charge in [0.25, 0.3) is 11.7 Å². The Bertz CT molecular complexity index is 635. The van der Waals surface area contributed by atoms with Crippen LogP contribution in [0.2, 0.25) is 0 Å². The molecule has 1 fully saturated rings. The van der Waals surface area contributed by atoms with E-state index in [1.54, 1.807) is 19.2 Å². The van der Waals surface area contributed by atoms with Gasteiger partial charge < -0.3 is 19.9 Å². The van der Waals surface area contributed by atoms with Gasteiger partial charge in [0.2, 0.25) is 5.89 Å². The number of ether oxygens (including phenoxy) is 1. The van der Waals surface area contributed by atoms with E-state index >= 15 is 0 Å². The highest BCUT2D eigenvalue weighted by Gasteiger charge is 2.24. The quantitative estimate of drug-likeness (QED) is 0.891. The van der Waals surface area contributed by atoms with Gasteiger partial charge in [-0.05, 0) is 31.5 Å². The van der Waals surface area contributed by atoms with Crippen molar-refractivity contribution in [3.8, 4) is 5.75 Å². The van der Waals surface area contributed by atoms with Gasteiger partial charge in [-0.1, -0.05) is 17.3 Å². The Balaban J connectivity index is 1.73. The Hall–Kier alpha value is -2.41. The first-order valence-electron chi connectivity index (χ1n) is 6.79. The van der Waals surface area contributed by atoms with Gasteiger partial charge in [0.05, 0.1) is 18.8 Å². The molecule has 0 aliphatic carbocycles. The van der Waals surface area contributed by atoms with Crippen molar-refractivity contribution in [2.24, 2.45) is 0 Å².